The quantitative estimate of drug-likeness (QED) is 0.211. The Morgan fingerprint density at radius 3 is 2.69 bits per heavy atom. The number of terminal acetylenes is 1. The average Bonchev–Trinajstić information content (AvgIpc) is 2.59. The number of hydrogen-bond donors (Lipinski definition) is 4. The summed E-state index contributed by atoms with van der Waals surface area (Å²) in [6, 6.07) is 5.42. The molecule has 6 N–H and O–H groups in total. The minimum atomic E-state index is -0.816. The highest BCUT2D eigenvalue weighted by Crippen LogP contribution is 2.13. The van der Waals surface area contributed by atoms with Crippen molar-refractivity contribution in [3.05, 3.63) is 29.8 Å². The zero-order valence-electron chi connectivity index (χ0n) is 14.3. The molecule has 2 amide bonds. The number of guanidine groups is 1. The Labute approximate surface area is 151 Å². The van der Waals surface area contributed by atoms with Crippen LogP contribution in [-0.2, 0) is 14.3 Å². The molecule has 9 nitrogen and oxygen atoms in total. The van der Waals surface area contributed by atoms with Crippen LogP contribution >= 0.6 is 0 Å². The summed E-state index contributed by atoms with van der Waals surface area (Å²) in [4.78, 5) is 39.2. The second kappa shape index (κ2) is 10.4. The lowest BCUT2D eigenvalue weighted by Crippen LogP contribution is -2.42. The van der Waals surface area contributed by atoms with Gasteiger partial charge in [0.25, 0.3) is 5.91 Å². The average molecular weight is 359 g/mol. The maximum Gasteiger partial charge on any atom is 0.308 e. The molecule has 0 radical (unpaired) electrons. The van der Waals surface area contributed by atoms with E-state index in [1.165, 1.54) is 6.07 Å². The Balaban J connectivity index is 2.56. The van der Waals surface area contributed by atoms with E-state index in [-0.39, 0.29) is 31.1 Å². The molecule has 26 heavy (non-hydrogen) atoms. The number of ether oxygens (including phenoxy) is 1. The molecule has 0 aliphatic carbocycles. The molecule has 0 bridgehead atoms. The molecule has 1 unspecified atom stereocenters. The van der Waals surface area contributed by atoms with Crippen molar-refractivity contribution < 1.29 is 19.1 Å². The van der Waals surface area contributed by atoms with Crippen molar-refractivity contribution in [1.29, 1.82) is 0 Å². The van der Waals surface area contributed by atoms with Crippen LogP contribution in [0.25, 0.3) is 0 Å². The molecule has 0 aliphatic heterocycles. The van der Waals surface area contributed by atoms with Gasteiger partial charge in [-0.1, -0.05) is 12.0 Å². The van der Waals surface area contributed by atoms with Gasteiger partial charge in [-0.2, -0.15) is 0 Å². The molecular weight excluding hydrogens is 338 g/mol. The van der Waals surface area contributed by atoms with Crippen LogP contribution in [0.3, 0.4) is 0 Å². The van der Waals surface area contributed by atoms with Gasteiger partial charge in [0.05, 0.1) is 25.3 Å². The molecule has 0 heterocycles. The van der Waals surface area contributed by atoms with E-state index in [1.807, 2.05) is 0 Å². The number of carbonyl (C=O) groups is 3. The monoisotopic (exact) mass is 359 g/mol. The summed E-state index contributed by atoms with van der Waals surface area (Å²) in [7, 11) is 0. The molecular formula is C17H21N5O4. The largest absolute Gasteiger partial charge is 0.466 e. The third-order valence-electron chi connectivity index (χ3n) is 2.99. The fourth-order valence-electron chi connectivity index (χ4n) is 1.91. The van der Waals surface area contributed by atoms with Crippen LogP contribution in [0, 0.1) is 12.3 Å². The minimum absolute atomic E-state index is 0.135. The number of amides is 2. The van der Waals surface area contributed by atoms with Crippen molar-refractivity contribution in [3.8, 4) is 12.3 Å². The van der Waals surface area contributed by atoms with Crippen LogP contribution in [0.5, 0.6) is 0 Å². The summed E-state index contributed by atoms with van der Waals surface area (Å²) in [5, 5.41) is 4.90. The molecule has 0 aromatic heterocycles. The molecule has 0 aliphatic rings. The molecule has 0 saturated carbocycles. The lowest BCUT2D eigenvalue weighted by Gasteiger charge is -2.13. The predicted octanol–water partition coefficient (Wildman–Crippen LogP) is -0.607. The number of hydrogen-bond acceptors (Lipinski definition) is 5. The standard InChI is InChI=1S/C17H21N5O4/c1-3-12(9-15(24)26-4-2)21-14(23)10-20-16(25)11-6-5-7-13(8-11)22-17(18)19/h1,5-8,12H,4,9-10H2,2H3,(H,20,25)(H,21,23)(H4,18,19,22). The van der Waals surface area contributed by atoms with Gasteiger partial charge in [-0.3, -0.25) is 14.4 Å². The zero-order chi connectivity index (χ0) is 19.5. The van der Waals surface area contributed by atoms with Crippen LogP contribution < -0.4 is 22.1 Å². The van der Waals surface area contributed by atoms with E-state index < -0.39 is 23.8 Å². The Morgan fingerprint density at radius 1 is 1.35 bits per heavy atom. The lowest BCUT2D eigenvalue weighted by atomic mass is 10.2. The third-order valence-corrected chi connectivity index (χ3v) is 2.99. The molecule has 1 rings (SSSR count). The Kier molecular flexibility index (Phi) is 8.16. The summed E-state index contributed by atoms with van der Waals surface area (Å²) >= 11 is 0. The van der Waals surface area contributed by atoms with Gasteiger partial charge >= 0.3 is 5.97 Å². The Hall–Kier alpha value is -3.54. The molecule has 1 aromatic rings. The highest BCUT2D eigenvalue weighted by Gasteiger charge is 2.15. The molecule has 0 spiro atoms. The second-order valence-electron chi connectivity index (χ2n) is 5.07. The van der Waals surface area contributed by atoms with Crippen molar-refractivity contribution in [2.45, 2.75) is 19.4 Å². The van der Waals surface area contributed by atoms with E-state index in [1.54, 1.807) is 25.1 Å². The molecule has 138 valence electrons. The van der Waals surface area contributed by atoms with E-state index in [2.05, 4.69) is 21.5 Å². The first-order valence-electron chi connectivity index (χ1n) is 7.74. The SMILES string of the molecule is C#CC(CC(=O)OCC)NC(=O)CNC(=O)c1cccc(N=C(N)N)c1. The fraction of sp³-hybridized carbons (Fsp3) is 0.294. The normalized spacial score (nSPS) is 10.8. The van der Waals surface area contributed by atoms with Crippen LogP contribution in [0.2, 0.25) is 0 Å². The van der Waals surface area contributed by atoms with Gasteiger partial charge in [-0.05, 0) is 25.1 Å². The summed E-state index contributed by atoms with van der Waals surface area (Å²) in [6.45, 7) is 1.57. The number of nitrogens with one attached hydrogen (secondary N) is 2. The van der Waals surface area contributed by atoms with Crippen molar-refractivity contribution in [2.24, 2.45) is 16.5 Å². The number of aliphatic imine (C=N–C) groups is 1. The lowest BCUT2D eigenvalue weighted by molar-refractivity contribution is -0.143. The number of nitrogens with zero attached hydrogens (tertiary/aromatic N) is 1. The molecule has 1 aromatic carbocycles. The number of nitrogens with two attached hydrogens (primary N) is 2. The predicted molar refractivity (Wildman–Crippen MR) is 96.3 cm³/mol. The minimum Gasteiger partial charge on any atom is -0.466 e. The molecule has 0 fully saturated rings. The van der Waals surface area contributed by atoms with E-state index in [0.29, 0.717) is 5.69 Å². The van der Waals surface area contributed by atoms with Crippen LogP contribution in [0.15, 0.2) is 29.3 Å². The first-order valence-corrected chi connectivity index (χ1v) is 7.74. The van der Waals surface area contributed by atoms with Gasteiger partial charge in [-0.25, -0.2) is 4.99 Å². The van der Waals surface area contributed by atoms with Gasteiger partial charge in [0, 0.05) is 5.56 Å². The van der Waals surface area contributed by atoms with Crippen molar-refractivity contribution in [3.63, 3.8) is 0 Å². The van der Waals surface area contributed by atoms with Gasteiger partial charge in [0.2, 0.25) is 5.91 Å². The van der Waals surface area contributed by atoms with Gasteiger partial charge < -0.3 is 26.8 Å². The summed E-state index contributed by atoms with van der Waals surface area (Å²) in [5.74, 6) is 0.604. The first-order chi connectivity index (χ1) is 12.3. The summed E-state index contributed by atoms with van der Waals surface area (Å²) in [5.41, 5.74) is 11.3. The van der Waals surface area contributed by atoms with Crippen molar-refractivity contribution >= 4 is 29.4 Å². The summed E-state index contributed by atoms with van der Waals surface area (Å²) in [6.07, 6.45) is 5.13. The molecule has 1 atom stereocenters. The third kappa shape index (κ3) is 7.35. The molecule has 0 saturated heterocycles. The van der Waals surface area contributed by atoms with Gasteiger partial charge in [-0.15, -0.1) is 6.42 Å². The second-order valence-corrected chi connectivity index (χ2v) is 5.07. The van der Waals surface area contributed by atoms with E-state index in [9.17, 15) is 14.4 Å². The Bertz CT molecular complexity index is 735. The van der Waals surface area contributed by atoms with Gasteiger partial charge in [0.1, 0.15) is 6.04 Å². The van der Waals surface area contributed by atoms with E-state index >= 15 is 0 Å². The maximum absolute atomic E-state index is 12.1. The van der Waals surface area contributed by atoms with Crippen molar-refractivity contribution in [1.82, 2.24) is 10.6 Å². The Morgan fingerprint density at radius 2 is 2.08 bits per heavy atom. The number of rotatable bonds is 8. The fourth-order valence-corrected chi connectivity index (χ4v) is 1.91. The van der Waals surface area contributed by atoms with Crippen LogP contribution in [0.1, 0.15) is 23.7 Å². The van der Waals surface area contributed by atoms with E-state index in [4.69, 9.17) is 22.6 Å². The topological polar surface area (TPSA) is 149 Å². The smallest absolute Gasteiger partial charge is 0.308 e. The van der Waals surface area contributed by atoms with Crippen LogP contribution in [-0.4, -0.2) is 42.9 Å². The van der Waals surface area contributed by atoms with Crippen LogP contribution in [0.4, 0.5) is 5.69 Å². The number of carbonyl (C=O) groups excluding carboxylic acids is 3. The summed E-state index contributed by atoms with van der Waals surface area (Å²) < 4.78 is 4.77. The van der Waals surface area contributed by atoms with Crippen molar-refractivity contribution in [2.75, 3.05) is 13.2 Å². The maximum atomic E-state index is 12.1. The number of esters is 1. The molecule has 9 heteroatoms. The number of benzene rings is 1. The van der Waals surface area contributed by atoms with E-state index in [0.717, 1.165) is 0 Å². The first kappa shape index (κ1) is 20.5. The highest BCUT2D eigenvalue weighted by atomic mass is 16.5. The van der Waals surface area contributed by atoms with Gasteiger partial charge in [0.15, 0.2) is 5.96 Å². The highest BCUT2D eigenvalue weighted by molar-refractivity contribution is 5.97. The zero-order valence-corrected chi connectivity index (χ0v) is 14.3.